The summed E-state index contributed by atoms with van der Waals surface area (Å²) in [6.07, 6.45) is 2.12. The zero-order chi connectivity index (χ0) is 12.3. The molecule has 0 N–H and O–H groups in total. The Morgan fingerprint density at radius 1 is 1.50 bits per heavy atom. The van der Waals surface area contributed by atoms with Crippen molar-refractivity contribution in [1.82, 2.24) is 4.57 Å². The van der Waals surface area contributed by atoms with Crippen LogP contribution in [0.4, 0.5) is 5.69 Å². The first kappa shape index (κ1) is 12.4. The quantitative estimate of drug-likeness (QED) is 0.582. The van der Waals surface area contributed by atoms with Crippen LogP contribution in [0.3, 0.4) is 0 Å². The van der Waals surface area contributed by atoms with Gasteiger partial charge in [-0.25, -0.2) is 0 Å². The van der Waals surface area contributed by atoms with Crippen LogP contribution in [-0.2, 0) is 6.54 Å². The predicted molar refractivity (Wildman–Crippen MR) is 61.7 cm³/mol. The highest BCUT2D eigenvalue weighted by atomic mass is 16.6. The molecule has 16 heavy (non-hydrogen) atoms. The lowest BCUT2D eigenvalue weighted by molar-refractivity contribution is -0.386. The number of hydrogen-bond donors (Lipinski definition) is 0. The van der Waals surface area contributed by atoms with Gasteiger partial charge in [-0.05, 0) is 12.3 Å². The van der Waals surface area contributed by atoms with Crippen molar-refractivity contribution < 1.29 is 4.92 Å². The van der Waals surface area contributed by atoms with Crippen LogP contribution in [-0.4, -0.2) is 9.49 Å². The zero-order valence-electron chi connectivity index (χ0n) is 9.77. The van der Waals surface area contributed by atoms with Crippen LogP contribution in [0, 0.1) is 10.1 Å². The van der Waals surface area contributed by atoms with Gasteiger partial charge in [-0.1, -0.05) is 20.8 Å². The average molecular weight is 224 g/mol. The molecule has 0 aliphatic heterocycles. The zero-order valence-corrected chi connectivity index (χ0v) is 9.77. The lowest BCUT2D eigenvalue weighted by atomic mass is 10.0. The van der Waals surface area contributed by atoms with Gasteiger partial charge in [0.15, 0.2) is 0 Å². The topological polar surface area (TPSA) is 65.1 Å². The number of hydrogen-bond acceptors (Lipinski definition) is 3. The van der Waals surface area contributed by atoms with E-state index in [1.807, 2.05) is 20.8 Å². The van der Waals surface area contributed by atoms with Crippen molar-refractivity contribution in [2.45, 2.75) is 39.7 Å². The fraction of sp³-hybridized carbons (Fsp3) is 0.545. The third-order valence-corrected chi connectivity index (χ3v) is 2.42. The first-order valence-corrected chi connectivity index (χ1v) is 5.36. The van der Waals surface area contributed by atoms with Crippen molar-refractivity contribution in [3.63, 3.8) is 0 Å². The third-order valence-electron chi connectivity index (χ3n) is 2.42. The predicted octanol–water partition coefficient (Wildman–Crippen LogP) is 2.29. The lowest BCUT2D eigenvalue weighted by Gasteiger charge is -2.09. The van der Waals surface area contributed by atoms with Crippen LogP contribution < -0.4 is 5.56 Å². The molecule has 0 spiro atoms. The molecule has 0 aliphatic carbocycles. The molecule has 0 unspecified atom stereocenters. The van der Waals surface area contributed by atoms with E-state index >= 15 is 0 Å². The molecule has 0 saturated carbocycles. The Morgan fingerprint density at radius 3 is 2.56 bits per heavy atom. The molecule has 0 fully saturated rings. The van der Waals surface area contributed by atoms with Gasteiger partial charge >= 0.3 is 0 Å². The van der Waals surface area contributed by atoms with E-state index in [-0.39, 0.29) is 17.2 Å². The van der Waals surface area contributed by atoms with E-state index in [4.69, 9.17) is 0 Å². The van der Waals surface area contributed by atoms with Crippen molar-refractivity contribution in [2.75, 3.05) is 0 Å². The molecule has 5 nitrogen and oxygen atoms in total. The Bertz CT molecular complexity index is 449. The molecule has 1 heterocycles. The number of nitrogens with zero attached hydrogens (tertiary/aromatic N) is 2. The number of pyridine rings is 1. The maximum Gasteiger partial charge on any atom is 0.289 e. The van der Waals surface area contributed by atoms with Gasteiger partial charge in [0.05, 0.1) is 11.1 Å². The first-order valence-electron chi connectivity index (χ1n) is 5.36. The molecule has 0 saturated heterocycles. The van der Waals surface area contributed by atoms with E-state index in [1.54, 1.807) is 0 Å². The van der Waals surface area contributed by atoms with E-state index in [0.29, 0.717) is 12.1 Å². The van der Waals surface area contributed by atoms with Crippen LogP contribution in [0.2, 0.25) is 0 Å². The second-order valence-corrected chi connectivity index (χ2v) is 4.06. The van der Waals surface area contributed by atoms with Crippen LogP contribution in [0.5, 0.6) is 0 Å². The lowest BCUT2D eigenvalue weighted by Crippen LogP contribution is -2.20. The van der Waals surface area contributed by atoms with Crippen LogP contribution in [0.1, 0.15) is 38.7 Å². The normalized spacial score (nSPS) is 10.8. The minimum Gasteiger partial charge on any atom is -0.309 e. The van der Waals surface area contributed by atoms with Crippen molar-refractivity contribution >= 4 is 5.69 Å². The Kier molecular flexibility index (Phi) is 3.82. The second-order valence-electron chi connectivity index (χ2n) is 4.06. The molecule has 1 rings (SSSR count). The molecule has 0 bridgehead atoms. The van der Waals surface area contributed by atoms with Crippen LogP contribution >= 0.6 is 0 Å². The fourth-order valence-corrected chi connectivity index (χ4v) is 1.61. The summed E-state index contributed by atoms with van der Waals surface area (Å²) in [6, 6.07) is 1.37. The monoisotopic (exact) mass is 224 g/mol. The van der Waals surface area contributed by atoms with Gasteiger partial charge in [-0.2, -0.15) is 0 Å². The highest BCUT2D eigenvalue weighted by Crippen LogP contribution is 2.23. The van der Waals surface area contributed by atoms with E-state index in [2.05, 4.69) is 0 Å². The number of rotatable bonds is 4. The molecule has 0 aromatic carbocycles. The Morgan fingerprint density at radius 2 is 2.12 bits per heavy atom. The summed E-state index contributed by atoms with van der Waals surface area (Å²) in [7, 11) is 0. The van der Waals surface area contributed by atoms with E-state index in [1.165, 1.54) is 16.8 Å². The van der Waals surface area contributed by atoms with Crippen molar-refractivity contribution in [3.8, 4) is 0 Å². The summed E-state index contributed by atoms with van der Waals surface area (Å²) in [5.74, 6) is -0.0237. The van der Waals surface area contributed by atoms with Crippen molar-refractivity contribution in [2.24, 2.45) is 0 Å². The minimum absolute atomic E-state index is 0.0237. The molecule has 5 heteroatoms. The van der Waals surface area contributed by atoms with E-state index in [9.17, 15) is 14.9 Å². The van der Waals surface area contributed by atoms with Gasteiger partial charge in [0.1, 0.15) is 0 Å². The van der Waals surface area contributed by atoms with Crippen molar-refractivity contribution in [3.05, 3.63) is 38.3 Å². The van der Waals surface area contributed by atoms with Gasteiger partial charge < -0.3 is 4.57 Å². The van der Waals surface area contributed by atoms with Crippen LogP contribution in [0.25, 0.3) is 0 Å². The summed E-state index contributed by atoms with van der Waals surface area (Å²) in [5, 5.41) is 10.9. The Labute approximate surface area is 93.9 Å². The second kappa shape index (κ2) is 4.92. The molecule has 0 aliphatic rings. The summed E-state index contributed by atoms with van der Waals surface area (Å²) >= 11 is 0. The van der Waals surface area contributed by atoms with Gasteiger partial charge in [0, 0.05) is 18.2 Å². The van der Waals surface area contributed by atoms with E-state index in [0.717, 1.165) is 6.42 Å². The number of aromatic nitrogens is 1. The molecular weight excluding hydrogens is 208 g/mol. The van der Waals surface area contributed by atoms with Gasteiger partial charge in [0.25, 0.3) is 11.2 Å². The highest BCUT2D eigenvalue weighted by molar-refractivity contribution is 5.39. The maximum atomic E-state index is 11.6. The number of nitro groups is 1. The Hall–Kier alpha value is -1.65. The highest BCUT2D eigenvalue weighted by Gasteiger charge is 2.18. The molecule has 0 radical (unpaired) electrons. The average Bonchev–Trinajstić information content (AvgIpc) is 2.20. The largest absolute Gasteiger partial charge is 0.309 e. The van der Waals surface area contributed by atoms with Gasteiger partial charge in [0.2, 0.25) is 0 Å². The summed E-state index contributed by atoms with van der Waals surface area (Å²) in [5.41, 5.74) is 0.363. The third kappa shape index (κ3) is 2.48. The van der Waals surface area contributed by atoms with Gasteiger partial charge in [-0.15, -0.1) is 0 Å². The molecule has 88 valence electrons. The SMILES string of the molecule is CCCn1cc([N+](=O)[O-])c(C(C)C)cc1=O. The molecule has 0 amide bonds. The molecule has 1 aromatic rings. The standard InChI is InChI=1S/C11H16N2O3/c1-4-5-12-7-10(13(15)16)9(8(2)3)6-11(12)14/h6-8H,4-5H2,1-3H3. The van der Waals surface area contributed by atoms with Crippen LogP contribution in [0.15, 0.2) is 17.1 Å². The molecule has 1 aromatic heterocycles. The minimum atomic E-state index is -0.430. The molecule has 0 atom stereocenters. The maximum absolute atomic E-state index is 11.6. The molecular formula is C11H16N2O3. The summed E-state index contributed by atoms with van der Waals surface area (Å²) < 4.78 is 1.39. The van der Waals surface area contributed by atoms with Crippen molar-refractivity contribution in [1.29, 1.82) is 0 Å². The fourth-order valence-electron chi connectivity index (χ4n) is 1.61. The summed E-state index contributed by atoms with van der Waals surface area (Å²) in [6.45, 7) is 6.12. The van der Waals surface area contributed by atoms with E-state index < -0.39 is 4.92 Å². The Balaban J connectivity index is 3.37. The van der Waals surface area contributed by atoms with Gasteiger partial charge in [-0.3, -0.25) is 14.9 Å². The smallest absolute Gasteiger partial charge is 0.289 e. The summed E-state index contributed by atoms with van der Waals surface area (Å²) in [4.78, 5) is 22.1. The number of aryl methyl sites for hydroxylation is 1. The first-order chi connectivity index (χ1) is 7.47.